The Morgan fingerprint density at radius 3 is 2.56 bits per heavy atom. The van der Waals surface area contributed by atoms with Crippen LogP contribution in [0.25, 0.3) is 0 Å². The Labute approximate surface area is 97.9 Å². The molecule has 1 aromatic rings. The summed E-state index contributed by atoms with van der Waals surface area (Å²) in [5.41, 5.74) is 6.65. The summed E-state index contributed by atoms with van der Waals surface area (Å²) in [7, 11) is 0. The minimum atomic E-state index is 0.551. The fourth-order valence-corrected chi connectivity index (χ4v) is 1.75. The number of rotatable bonds is 5. The Morgan fingerprint density at radius 2 is 2.06 bits per heavy atom. The second-order valence-electron chi connectivity index (χ2n) is 4.17. The molecule has 0 saturated carbocycles. The molecule has 0 aliphatic heterocycles. The third-order valence-electron chi connectivity index (χ3n) is 2.89. The van der Waals surface area contributed by atoms with E-state index in [1.807, 2.05) is 6.92 Å². The molecule has 1 unspecified atom stereocenters. The van der Waals surface area contributed by atoms with Crippen LogP contribution in [-0.2, 0) is 6.54 Å². The van der Waals surface area contributed by atoms with Gasteiger partial charge in [0.1, 0.15) is 11.6 Å². The largest absolute Gasteiger partial charge is 0.384 e. The summed E-state index contributed by atoms with van der Waals surface area (Å²) in [5.74, 6) is 1.38. The van der Waals surface area contributed by atoms with Crippen LogP contribution < -0.4 is 5.73 Å². The van der Waals surface area contributed by atoms with Crippen molar-refractivity contribution in [2.45, 2.75) is 46.7 Å². The zero-order valence-corrected chi connectivity index (χ0v) is 10.7. The molecule has 1 heterocycles. The Bertz CT molecular complexity index is 318. The van der Waals surface area contributed by atoms with E-state index in [1.165, 1.54) is 0 Å². The maximum Gasteiger partial charge on any atom is 0.144 e. The molecule has 0 amide bonds. The van der Waals surface area contributed by atoms with Gasteiger partial charge >= 0.3 is 0 Å². The lowest BCUT2D eigenvalue weighted by molar-refractivity contribution is 0.201. The van der Waals surface area contributed by atoms with Crippen molar-refractivity contribution in [1.82, 2.24) is 14.9 Å². The van der Waals surface area contributed by atoms with E-state index < -0.39 is 0 Å². The molecular weight excluding hydrogens is 200 g/mol. The third-order valence-corrected chi connectivity index (χ3v) is 2.89. The van der Waals surface area contributed by atoms with E-state index in [1.54, 1.807) is 6.07 Å². The Hall–Kier alpha value is -1.16. The van der Waals surface area contributed by atoms with E-state index in [2.05, 4.69) is 35.6 Å². The Morgan fingerprint density at radius 1 is 1.38 bits per heavy atom. The van der Waals surface area contributed by atoms with Gasteiger partial charge in [0.2, 0.25) is 0 Å². The third kappa shape index (κ3) is 3.45. The normalized spacial score (nSPS) is 13.1. The maximum atomic E-state index is 5.72. The maximum absolute atomic E-state index is 5.72. The molecule has 0 spiro atoms. The molecule has 4 heteroatoms. The van der Waals surface area contributed by atoms with E-state index in [-0.39, 0.29) is 0 Å². The second-order valence-corrected chi connectivity index (χ2v) is 4.17. The van der Waals surface area contributed by atoms with Gasteiger partial charge in [-0.2, -0.15) is 0 Å². The highest BCUT2D eigenvalue weighted by molar-refractivity contribution is 5.29. The number of hydrogen-bond donors (Lipinski definition) is 1. The fourth-order valence-electron chi connectivity index (χ4n) is 1.75. The van der Waals surface area contributed by atoms with Gasteiger partial charge < -0.3 is 5.73 Å². The first-order valence-electron chi connectivity index (χ1n) is 5.90. The molecule has 0 saturated heterocycles. The van der Waals surface area contributed by atoms with Crippen LogP contribution in [0.4, 0.5) is 5.82 Å². The number of aryl methyl sites for hydroxylation is 1. The minimum Gasteiger partial charge on any atom is -0.384 e. The average molecular weight is 222 g/mol. The summed E-state index contributed by atoms with van der Waals surface area (Å²) in [6.45, 7) is 10.3. The Kier molecular flexibility index (Phi) is 4.68. The zero-order chi connectivity index (χ0) is 12.1. The van der Waals surface area contributed by atoms with Crippen molar-refractivity contribution in [2.75, 3.05) is 12.3 Å². The SMILES string of the molecule is CCC(C)N(CC)Cc1nc(C)cc(N)n1. The summed E-state index contributed by atoms with van der Waals surface area (Å²) < 4.78 is 0. The topological polar surface area (TPSA) is 55.0 Å². The van der Waals surface area contributed by atoms with Gasteiger partial charge in [-0.1, -0.05) is 13.8 Å². The molecule has 1 rings (SSSR count). The summed E-state index contributed by atoms with van der Waals surface area (Å²) in [5, 5.41) is 0. The van der Waals surface area contributed by atoms with Crippen molar-refractivity contribution >= 4 is 5.82 Å². The average Bonchev–Trinajstić information content (AvgIpc) is 2.23. The lowest BCUT2D eigenvalue weighted by Crippen LogP contribution is -2.32. The van der Waals surface area contributed by atoms with Crippen LogP contribution in [0.1, 0.15) is 38.7 Å². The highest BCUT2D eigenvalue weighted by Gasteiger charge is 2.12. The molecule has 0 aliphatic carbocycles. The quantitative estimate of drug-likeness (QED) is 0.827. The predicted molar refractivity (Wildman–Crippen MR) is 67.0 cm³/mol. The molecule has 0 fully saturated rings. The van der Waals surface area contributed by atoms with Crippen LogP contribution in [0.2, 0.25) is 0 Å². The van der Waals surface area contributed by atoms with Crippen molar-refractivity contribution in [3.05, 3.63) is 17.6 Å². The van der Waals surface area contributed by atoms with Crippen molar-refractivity contribution in [2.24, 2.45) is 0 Å². The van der Waals surface area contributed by atoms with Crippen molar-refractivity contribution in [1.29, 1.82) is 0 Å². The van der Waals surface area contributed by atoms with E-state index in [0.717, 1.165) is 31.0 Å². The number of nitrogens with zero attached hydrogens (tertiary/aromatic N) is 3. The molecule has 1 atom stereocenters. The number of aromatic nitrogens is 2. The number of nitrogen functional groups attached to an aromatic ring is 1. The summed E-state index contributed by atoms with van der Waals surface area (Å²) in [6.07, 6.45) is 1.13. The van der Waals surface area contributed by atoms with E-state index in [0.29, 0.717) is 11.9 Å². The van der Waals surface area contributed by atoms with Gasteiger partial charge in [-0.15, -0.1) is 0 Å². The van der Waals surface area contributed by atoms with E-state index >= 15 is 0 Å². The van der Waals surface area contributed by atoms with Gasteiger partial charge in [0.25, 0.3) is 0 Å². The van der Waals surface area contributed by atoms with E-state index in [4.69, 9.17) is 5.73 Å². The highest BCUT2D eigenvalue weighted by Crippen LogP contribution is 2.09. The van der Waals surface area contributed by atoms with Gasteiger partial charge in [0, 0.05) is 17.8 Å². The van der Waals surface area contributed by atoms with Gasteiger partial charge in [-0.25, -0.2) is 9.97 Å². The lowest BCUT2D eigenvalue weighted by atomic mass is 10.2. The zero-order valence-electron chi connectivity index (χ0n) is 10.7. The van der Waals surface area contributed by atoms with Crippen molar-refractivity contribution in [3.8, 4) is 0 Å². The lowest BCUT2D eigenvalue weighted by Gasteiger charge is -2.26. The molecule has 4 nitrogen and oxygen atoms in total. The molecule has 0 radical (unpaired) electrons. The first kappa shape index (κ1) is 12.9. The number of hydrogen-bond acceptors (Lipinski definition) is 4. The van der Waals surface area contributed by atoms with Crippen LogP contribution in [-0.4, -0.2) is 27.5 Å². The van der Waals surface area contributed by atoms with Crippen molar-refractivity contribution in [3.63, 3.8) is 0 Å². The first-order chi connectivity index (χ1) is 7.56. The van der Waals surface area contributed by atoms with Gasteiger partial charge in [-0.05, 0) is 26.8 Å². The molecule has 2 N–H and O–H groups in total. The molecular formula is C12H22N4. The fraction of sp³-hybridized carbons (Fsp3) is 0.667. The molecule has 0 bridgehead atoms. The summed E-state index contributed by atoms with van der Waals surface area (Å²) in [6, 6.07) is 2.35. The van der Waals surface area contributed by atoms with Crippen molar-refractivity contribution < 1.29 is 0 Å². The van der Waals surface area contributed by atoms with Crippen LogP contribution in [0.5, 0.6) is 0 Å². The molecule has 1 aromatic heterocycles. The van der Waals surface area contributed by atoms with E-state index in [9.17, 15) is 0 Å². The van der Waals surface area contributed by atoms with Crippen LogP contribution in [0.15, 0.2) is 6.07 Å². The molecule has 0 aromatic carbocycles. The number of nitrogens with two attached hydrogens (primary N) is 1. The van der Waals surface area contributed by atoms with Gasteiger partial charge in [0.15, 0.2) is 0 Å². The number of anilines is 1. The van der Waals surface area contributed by atoms with Crippen LogP contribution in [0, 0.1) is 6.92 Å². The molecule has 90 valence electrons. The summed E-state index contributed by atoms with van der Waals surface area (Å²) >= 11 is 0. The molecule has 16 heavy (non-hydrogen) atoms. The highest BCUT2D eigenvalue weighted by atomic mass is 15.2. The van der Waals surface area contributed by atoms with Gasteiger partial charge in [-0.3, -0.25) is 4.90 Å². The smallest absolute Gasteiger partial charge is 0.144 e. The standard InChI is InChI=1S/C12H22N4/c1-5-10(4)16(6-2)8-12-14-9(3)7-11(13)15-12/h7,10H,5-6,8H2,1-4H3,(H2,13,14,15). The first-order valence-corrected chi connectivity index (χ1v) is 5.90. The molecule has 0 aliphatic rings. The Balaban J connectivity index is 2.77. The van der Waals surface area contributed by atoms with Gasteiger partial charge in [0.05, 0.1) is 6.54 Å². The summed E-state index contributed by atoms with van der Waals surface area (Å²) in [4.78, 5) is 11.0. The monoisotopic (exact) mass is 222 g/mol. The van der Waals surface area contributed by atoms with Crippen LogP contribution >= 0.6 is 0 Å². The minimum absolute atomic E-state index is 0.551. The predicted octanol–water partition coefficient (Wildman–Crippen LogP) is 1.99. The van der Waals surface area contributed by atoms with Crippen LogP contribution in [0.3, 0.4) is 0 Å². The second kappa shape index (κ2) is 5.80.